The summed E-state index contributed by atoms with van der Waals surface area (Å²) < 4.78 is 35.8. The molecule has 0 spiro atoms. The van der Waals surface area contributed by atoms with E-state index in [-0.39, 0.29) is 29.1 Å². The SMILES string of the molecule is CCn1cc(Cl)c(CN(C)C(=O)c2cnn3c(C(F)F)cc(-c4ccccc4OC)nc23)n1. The zero-order valence-electron chi connectivity index (χ0n) is 18.2. The summed E-state index contributed by atoms with van der Waals surface area (Å²) in [6.07, 6.45) is 0.0904. The van der Waals surface area contributed by atoms with Crippen molar-refractivity contribution < 1.29 is 18.3 Å². The van der Waals surface area contributed by atoms with Crippen molar-refractivity contribution in [3.8, 4) is 17.0 Å². The standard InChI is InChI=1S/C22H21ClF2N6O2/c1-4-30-11-15(23)17(28-30)12-29(2)22(32)14-10-26-31-18(20(24)25)9-16(27-21(14)31)13-7-5-6-8-19(13)33-3/h5-11,20H,4,12H2,1-3H3. The zero-order valence-corrected chi connectivity index (χ0v) is 18.9. The highest BCUT2D eigenvalue weighted by Gasteiger charge is 2.25. The Bertz CT molecular complexity index is 1320. The van der Waals surface area contributed by atoms with E-state index in [1.807, 2.05) is 6.92 Å². The average molecular weight is 475 g/mol. The molecule has 0 N–H and O–H groups in total. The maximum atomic E-state index is 13.9. The van der Waals surface area contributed by atoms with E-state index in [1.54, 1.807) is 42.2 Å². The quantitative estimate of drug-likeness (QED) is 0.394. The number of carbonyl (C=O) groups is 1. The molecule has 4 rings (SSSR count). The van der Waals surface area contributed by atoms with E-state index >= 15 is 0 Å². The lowest BCUT2D eigenvalue weighted by atomic mass is 10.1. The number of methoxy groups -OCH3 is 1. The van der Waals surface area contributed by atoms with E-state index in [2.05, 4.69) is 15.2 Å². The second kappa shape index (κ2) is 9.14. The first-order chi connectivity index (χ1) is 15.8. The van der Waals surface area contributed by atoms with Crippen LogP contribution in [-0.2, 0) is 13.1 Å². The fraction of sp³-hybridized carbons (Fsp3) is 0.273. The summed E-state index contributed by atoms with van der Waals surface area (Å²) in [5.74, 6) is 0.0252. The Kier molecular flexibility index (Phi) is 6.28. The number of halogens is 3. The minimum absolute atomic E-state index is 0.0238. The van der Waals surface area contributed by atoms with Crippen LogP contribution < -0.4 is 4.74 Å². The smallest absolute Gasteiger partial charge is 0.280 e. The van der Waals surface area contributed by atoms with Gasteiger partial charge in [-0.25, -0.2) is 18.3 Å². The Hall–Kier alpha value is -3.53. The number of aryl methyl sites for hydroxylation is 1. The molecule has 0 aliphatic heterocycles. The number of nitrogens with zero attached hydrogens (tertiary/aromatic N) is 6. The third kappa shape index (κ3) is 4.25. The molecule has 8 nitrogen and oxygen atoms in total. The van der Waals surface area contributed by atoms with E-state index in [4.69, 9.17) is 16.3 Å². The van der Waals surface area contributed by atoms with Crippen LogP contribution in [-0.4, -0.2) is 49.3 Å². The largest absolute Gasteiger partial charge is 0.496 e. The highest BCUT2D eigenvalue weighted by atomic mass is 35.5. The number of fused-ring (bicyclic) bond motifs is 1. The molecule has 172 valence electrons. The summed E-state index contributed by atoms with van der Waals surface area (Å²) in [4.78, 5) is 19.1. The molecular formula is C22H21ClF2N6O2. The van der Waals surface area contributed by atoms with Gasteiger partial charge in [0.15, 0.2) is 5.65 Å². The van der Waals surface area contributed by atoms with Crippen molar-refractivity contribution in [1.82, 2.24) is 29.3 Å². The number of alkyl halides is 2. The van der Waals surface area contributed by atoms with Crippen molar-refractivity contribution in [3.63, 3.8) is 0 Å². The summed E-state index contributed by atoms with van der Waals surface area (Å²) in [7, 11) is 3.06. The molecule has 0 bridgehead atoms. The summed E-state index contributed by atoms with van der Waals surface area (Å²) >= 11 is 6.22. The van der Waals surface area contributed by atoms with Crippen LogP contribution in [0.15, 0.2) is 42.7 Å². The summed E-state index contributed by atoms with van der Waals surface area (Å²) in [5, 5.41) is 8.80. The van der Waals surface area contributed by atoms with Gasteiger partial charge >= 0.3 is 0 Å². The molecular weight excluding hydrogens is 454 g/mol. The predicted molar refractivity (Wildman–Crippen MR) is 119 cm³/mol. The van der Waals surface area contributed by atoms with Gasteiger partial charge in [0, 0.05) is 25.4 Å². The van der Waals surface area contributed by atoms with Crippen LogP contribution in [0.4, 0.5) is 8.78 Å². The van der Waals surface area contributed by atoms with Gasteiger partial charge in [0.05, 0.1) is 30.6 Å². The first-order valence-corrected chi connectivity index (χ1v) is 10.5. The molecule has 0 saturated heterocycles. The Morgan fingerprint density at radius 3 is 2.73 bits per heavy atom. The second-order valence-electron chi connectivity index (χ2n) is 7.30. The Balaban J connectivity index is 1.77. The Morgan fingerprint density at radius 1 is 1.30 bits per heavy atom. The minimum atomic E-state index is -2.83. The molecule has 0 aliphatic rings. The fourth-order valence-corrected chi connectivity index (χ4v) is 3.71. The number of hydrogen-bond acceptors (Lipinski definition) is 5. The van der Waals surface area contributed by atoms with Crippen molar-refractivity contribution in [1.29, 1.82) is 0 Å². The third-order valence-electron chi connectivity index (χ3n) is 5.18. The molecule has 0 atom stereocenters. The fourth-order valence-electron chi connectivity index (χ4n) is 3.49. The number of rotatable bonds is 7. The highest BCUT2D eigenvalue weighted by molar-refractivity contribution is 6.31. The number of hydrogen-bond donors (Lipinski definition) is 0. The van der Waals surface area contributed by atoms with Gasteiger partial charge in [-0.15, -0.1) is 0 Å². The van der Waals surface area contributed by atoms with Crippen LogP contribution in [0.5, 0.6) is 5.75 Å². The topological polar surface area (TPSA) is 77.6 Å². The molecule has 3 aromatic heterocycles. The van der Waals surface area contributed by atoms with Crippen LogP contribution in [0.2, 0.25) is 5.02 Å². The molecule has 4 aromatic rings. The van der Waals surface area contributed by atoms with E-state index in [9.17, 15) is 13.6 Å². The van der Waals surface area contributed by atoms with Crippen molar-refractivity contribution in [2.45, 2.75) is 26.4 Å². The molecule has 0 saturated carbocycles. The van der Waals surface area contributed by atoms with Gasteiger partial charge in [0.2, 0.25) is 0 Å². The Labute approximate surface area is 193 Å². The summed E-state index contributed by atoms with van der Waals surface area (Å²) in [6, 6.07) is 8.18. The van der Waals surface area contributed by atoms with Crippen molar-refractivity contribution in [2.24, 2.45) is 0 Å². The number of ether oxygens (including phenoxy) is 1. The monoisotopic (exact) mass is 474 g/mol. The van der Waals surface area contributed by atoms with Gasteiger partial charge < -0.3 is 9.64 Å². The lowest BCUT2D eigenvalue weighted by molar-refractivity contribution is 0.0784. The number of aromatic nitrogens is 5. The number of para-hydroxylation sites is 1. The van der Waals surface area contributed by atoms with Gasteiger partial charge in [0.25, 0.3) is 12.3 Å². The molecule has 1 aromatic carbocycles. The van der Waals surface area contributed by atoms with Crippen LogP contribution >= 0.6 is 11.6 Å². The van der Waals surface area contributed by atoms with E-state index in [1.165, 1.54) is 24.3 Å². The lowest BCUT2D eigenvalue weighted by Crippen LogP contribution is -2.26. The zero-order chi connectivity index (χ0) is 23.7. The van der Waals surface area contributed by atoms with Crippen LogP contribution in [0, 0.1) is 0 Å². The summed E-state index contributed by atoms with van der Waals surface area (Å²) in [6.45, 7) is 2.69. The van der Waals surface area contributed by atoms with Gasteiger partial charge in [-0.1, -0.05) is 23.7 Å². The first kappa shape index (κ1) is 22.7. The molecule has 0 unspecified atom stereocenters. The molecule has 3 heterocycles. The highest BCUT2D eigenvalue weighted by Crippen LogP contribution is 2.32. The van der Waals surface area contributed by atoms with Crippen LogP contribution in [0.1, 0.15) is 35.1 Å². The normalized spacial score (nSPS) is 11.4. The molecule has 1 amide bonds. The average Bonchev–Trinajstić information content (AvgIpc) is 3.40. The van der Waals surface area contributed by atoms with Crippen molar-refractivity contribution in [3.05, 3.63) is 64.7 Å². The van der Waals surface area contributed by atoms with E-state index in [0.29, 0.717) is 28.6 Å². The molecule has 0 aliphatic carbocycles. The molecule has 11 heteroatoms. The van der Waals surface area contributed by atoms with Gasteiger partial charge in [0.1, 0.15) is 22.7 Å². The van der Waals surface area contributed by atoms with Gasteiger partial charge in [-0.3, -0.25) is 9.48 Å². The maximum Gasteiger partial charge on any atom is 0.280 e. The number of amides is 1. The maximum absolute atomic E-state index is 13.9. The third-order valence-corrected chi connectivity index (χ3v) is 5.50. The van der Waals surface area contributed by atoms with Crippen LogP contribution in [0.25, 0.3) is 16.9 Å². The molecule has 33 heavy (non-hydrogen) atoms. The number of benzene rings is 1. The van der Waals surface area contributed by atoms with Gasteiger partial charge in [-0.05, 0) is 25.1 Å². The van der Waals surface area contributed by atoms with Crippen LogP contribution in [0.3, 0.4) is 0 Å². The second-order valence-corrected chi connectivity index (χ2v) is 7.71. The number of carbonyl (C=O) groups excluding carboxylic acids is 1. The van der Waals surface area contributed by atoms with Crippen molar-refractivity contribution >= 4 is 23.2 Å². The molecule has 0 fully saturated rings. The van der Waals surface area contributed by atoms with Crippen molar-refractivity contribution in [2.75, 3.05) is 14.2 Å². The minimum Gasteiger partial charge on any atom is -0.496 e. The predicted octanol–water partition coefficient (Wildman–Crippen LogP) is 4.48. The molecule has 0 radical (unpaired) electrons. The first-order valence-electron chi connectivity index (χ1n) is 10.1. The van der Waals surface area contributed by atoms with E-state index < -0.39 is 12.3 Å². The Morgan fingerprint density at radius 2 is 2.06 bits per heavy atom. The van der Waals surface area contributed by atoms with E-state index in [0.717, 1.165) is 4.52 Å². The lowest BCUT2D eigenvalue weighted by Gasteiger charge is -2.16. The van der Waals surface area contributed by atoms with Gasteiger partial charge in [-0.2, -0.15) is 10.2 Å². The summed E-state index contributed by atoms with van der Waals surface area (Å²) in [5.41, 5.74) is 1.03.